The van der Waals surface area contributed by atoms with Gasteiger partial charge in [0.05, 0.1) is 6.04 Å². The van der Waals surface area contributed by atoms with Gasteiger partial charge < -0.3 is 11.1 Å². The molecule has 0 radical (unpaired) electrons. The highest BCUT2D eigenvalue weighted by Crippen LogP contribution is 2.29. The Labute approximate surface area is 143 Å². The minimum absolute atomic E-state index is 0.0802. The zero-order valence-electron chi connectivity index (χ0n) is 14.4. The monoisotopic (exact) mass is 323 g/mol. The zero-order chi connectivity index (χ0) is 17.1. The van der Waals surface area contributed by atoms with Gasteiger partial charge in [0.1, 0.15) is 0 Å². The Morgan fingerprint density at radius 1 is 1.17 bits per heavy atom. The Morgan fingerprint density at radius 2 is 1.83 bits per heavy atom. The number of nitrogens with one attached hydrogen (secondary N) is 1. The molecule has 1 aliphatic carbocycles. The molecule has 0 bridgehead atoms. The standard InChI is InChI=1S/C20H25N3O/c1-13-11-12-22-14(2)18(13)15-7-9-17(10-8-15)23-20(24)19(21)16-5-3-4-6-16/h7-12,16,19H,3-6,21H2,1-2H3,(H,23,24). The van der Waals surface area contributed by atoms with Crippen LogP contribution in [0.3, 0.4) is 0 Å². The number of anilines is 1. The molecular formula is C20H25N3O. The highest BCUT2D eigenvalue weighted by Gasteiger charge is 2.27. The van der Waals surface area contributed by atoms with Gasteiger partial charge >= 0.3 is 0 Å². The molecule has 24 heavy (non-hydrogen) atoms. The second-order valence-electron chi connectivity index (χ2n) is 6.73. The van der Waals surface area contributed by atoms with Crippen LogP contribution in [0.5, 0.6) is 0 Å². The Balaban J connectivity index is 1.71. The summed E-state index contributed by atoms with van der Waals surface area (Å²) in [5.74, 6) is 0.244. The van der Waals surface area contributed by atoms with Crippen LogP contribution >= 0.6 is 0 Å². The SMILES string of the molecule is Cc1ccnc(C)c1-c1ccc(NC(=O)C(N)C2CCCC2)cc1. The summed E-state index contributed by atoms with van der Waals surface area (Å²) in [6, 6.07) is 9.51. The van der Waals surface area contributed by atoms with Gasteiger partial charge in [-0.1, -0.05) is 25.0 Å². The van der Waals surface area contributed by atoms with Crippen LogP contribution in [-0.4, -0.2) is 16.9 Å². The summed E-state index contributed by atoms with van der Waals surface area (Å²) in [4.78, 5) is 16.7. The average Bonchev–Trinajstić information content (AvgIpc) is 3.10. The van der Waals surface area contributed by atoms with Crippen LogP contribution in [0.4, 0.5) is 5.69 Å². The first-order valence-corrected chi connectivity index (χ1v) is 8.65. The molecule has 126 valence electrons. The van der Waals surface area contributed by atoms with E-state index >= 15 is 0 Å². The van der Waals surface area contributed by atoms with E-state index in [0.29, 0.717) is 5.92 Å². The van der Waals surface area contributed by atoms with E-state index in [0.717, 1.165) is 35.3 Å². The quantitative estimate of drug-likeness (QED) is 0.898. The first-order valence-electron chi connectivity index (χ1n) is 8.65. The second-order valence-corrected chi connectivity index (χ2v) is 6.73. The molecule has 1 atom stereocenters. The van der Waals surface area contributed by atoms with Crippen LogP contribution in [0.1, 0.15) is 36.9 Å². The van der Waals surface area contributed by atoms with E-state index in [1.807, 2.05) is 43.5 Å². The fraction of sp³-hybridized carbons (Fsp3) is 0.400. The molecule has 1 fully saturated rings. The molecule has 4 heteroatoms. The fourth-order valence-corrected chi connectivity index (χ4v) is 3.61. The lowest BCUT2D eigenvalue weighted by Crippen LogP contribution is -2.40. The summed E-state index contributed by atoms with van der Waals surface area (Å²) in [7, 11) is 0. The van der Waals surface area contributed by atoms with Gasteiger partial charge in [-0.25, -0.2) is 0 Å². The predicted octanol–water partition coefficient (Wildman–Crippen LogP) is 3.82. The molecular weight excluding hydrogens is 298 g/mol. The minimum Gasteiger partial charge on any atom is -0.325 e. The molecule has 1 heterocycles. The van der Waals surface area contributed by atoms with Crippen LogP contribution in [0.25, 0.3) is 11.1 Å². The number of carbonyl (C=O) groups excluding carboxylic acids is 1. The van der Waals surface area contributed by atoms with Crippen LogP contribution < -0.4 is 11.1 Å². The Hall–Kier alpha value is -2.20. The third kappa shape index (κ3) is 3.49. The molecule has 0 saturated heterocycles. The Morgan fingerprint density at radius 3 is 2.46 bits per heavy atom. The lowest BCUT2D eigenvalue weighted by molar-refractivity contribution is -0.118. The normalized spacial score (nSPS) is 16.1. The number of carbonyl (C=O) groups is 1. The molecule has 1 amide bonds. The van der Waals surface area contributed by atoms with Crippen molar-refractivity contribution in [2.24, 2.45) is 11.7 Å². The largest absolute Gasteiger partial charge is 0.325 e. The van der Waals surface area contributed by atoms with Gasteiger partial charge in [0.25, 0.3) is 0 Å². The number of amides is 1. The van der Waals surface area contributed by atoms with E-state index in [1.54, 1.807) is 0 Å². The average molecular weight is 323 g/mol. The van der Waals surface area contributed by atoms with Crippen LogP contribution in [-0.2, 0) is 4.79 Å². The fourth-order valence-electron chi connectivity index (χ4n) is 3.61. The topological polar surface area (TPSA) is 68.0 Å². The number of nitrogens with two attached hydrogens (primary N) is 1. The van der Waals surface area contributed by atoms with Crippen molar-refractivity contribution in [3.63, 3.8) is 0 Å². The number of aryl methyl sites for hydroxylation is 2. The number of hydrogen-bond acceptors (Lipinski definition) is 3. The number of hydrogen-bond donors (Lipinski definition) is 2. The summed E-state index contributed by atoms with van der Waals surface area (Å²) < 4.78 is 0. The molecule has 1 unspecified atom stereocenters. The Kier molecular flexibility index (Phi) is 4.95. The molecule has 0 spiro atoms. The third-order valence-corrected chi connectivity index (χ3v) is 5.00. The summed E-state index contributed by atoms with van der Waals surface area (Å²) in [6.45, 7) is 4.10. The first-order chi connectivity index (χ1) is 11.6. The predicted molar refractivity (Wildman–Crippen MR) is 97.7 cm³/mol. The maximum atomic E-state index is 12.3. The summed E-state index contributed by atoms with van der Waals surface area (Å²) in [5, 5.41) is 2.95. The maximum absolute atomic E-state index is 12.3. The highest BCUT2D eigenvalue weighted by molar-refractivity contribution is 5.95. The van der Waals surface area contributed by atoms with Crippen molar-refractivity contribution in [2.45, 2.75) is 45.6 Å². The van der Waals surface area contributed by atoms with Crippen molar-refractivity contribution in [1.82, 2.24) is 4.98 Å². The van der Waals surface area contributed by atoms with Gasteiger partial charge in [-0.15, -0.1) is 0 Å². The molecule has 3 N–H and O–H groups in total. The van der Waals surface area contributed by atoms with Crippen molar-refractivity contribution >= 4 is 11.6 Å². The van der Waals surface area contributed by atoms with Gasteiger partial charge in [-0.05, 0) is 61.9 Å². The third-order valence-electron chi connectivity index (χ3n) is 5.00. The molecule has 3 rings (SSSR count). The molecule has 1 saturated carbocycles. The summed E-state index contributed by atoms with van der Waals surface area (Å²) in [6.07, 6.45) is 6.32. The van der Waals surface area contributed by atoms with Crippen molar-refractivity contribution in [2.75, 3.05) is 5.32 Å². The van der Waals surface area contributed by atoms with Gasteiger partial charge in [0, 0.05) is 23.1 Å². The lowest BCUT2D eigenvalue weighted by atomic mass is 9.98. The van der Waals surface area contributed by atoms with Crippen LogP contribution in [0.15, 0.2) is 36.5 Å². The minimum atomic E-state index is -0.407. The van der Waals surface area contributed by atoms with Crippen LogP contribution in [0, 0.1) is 19.8 Å². The van der Waals surface area contributed by atoms with Crippen molar-refractivity contribution in [3.05, 3.63) is 47.8 Å². The van der Waals surface area contributed by atoms with Gasteiger partial charge in [-0.2, -0.15) is 0 Å². The smallest absolute Gasteiger partial charge is 0.241 e. The molecule has 1 aromatic carbocycles. The van der Waals surface area contributed by atoms with Gasteiger partial charge in [0.15, 0.2) is 0 Å². The number of pyridine rings is 1. The van der Waals surface area contributed by atoms with Crippen molar-refractivity contribution in [1.29, 1.82) is 0 Å². The molecule has 1 aromatic heterocycles. The maximum Gasteiger partial charge on any atom is 0.241 e. The van der Waals surface area contributed by atoms with Crippen molar-refractivity contribution in [3.8, 4) is 11.1 Å². The van der Waals surface area contributed by atoms with E-state index in [4.69, 9.17) is 5.73 Å². The number of benzene rings is 1. The first kappa shape index (κ1) is 16.7. The molecule has 2 aromatic rings. The van der Waals surface area contributed by atoms with E-state index in [1.165, 1.54) is 18.4 Å². The van der Waals surface area contributed by atoms with E-state index in [-0.39, 0.29) is 5.91 Å². The second kappa shape index (κ2) is 7.14. The summed E-state index contributed by atoms with van der Waals surface area (Å²) >= 11 is 0. The van der Waals surface area contributed by atoms with Crippen LogP contribution in [0.2, 0.25) is 0 Å². The van der Waals surface area contributed by atoms with E-state index < -0.39 is 6.04 Å². The number of aromatic nitrogens is 1. The molecule has 1 aliphatic rings. The number of rotatable bonds is 4. The lowest BCUT2D eigenvalue weighted by Gasteiger charge is -2.18. The molecule has 0 aliphatic heterocycles. The Bertz CT molecular complexity index is 698. The van der Waals surface area contributed by atoms with E-state index in [2.05, 4.69) is 17.2 Å². The van der Waals surface area contributed by atoms with Gasteiger partial charge in [-0.3, -0.25) is 9.78 Å². The van der Waals surface area contributed by atoms with Gasteiger partial charge in [0.2, 0.25) is 5.91 Å². The van der Waals surface area contributed by atoms with Crippen molar-refractivity contribution < 1.29 is 4.79 Å². The highest BCUT2D eigenvalue weighted by atomic mass is 16.2. The molecule has 4 nitrogen and oxygen atoms in total. The number of nitrogens with zero attached hydrogens (tertiary/aromatic N) is 1. The van der Waals surface area contributed by atoms with E-state index in [9.17, 15) is 4.79 Å². The zero-order valence-corrected chi connectivity index (χ0v) is 14.4. The summed E-state index contributed by atoms with van der Waals surface area (Å²) in [5.41, 5.74) is 11.4.